The molecule has 0 radical (unpaired) electrons. The first-order valence-electron chi connectivity index (χ1n) is 8.50. The number of esters is 1. The van der Waals surface area contributed by atoms with Crippen molar-refractivity contribution in [1.29, 1.82) is 0 Å². The molecular formula is C17H19N3O4S. The first-order valence-corrected chi connectivity index (χ1v) is 9.31. The van der Waals surface area contributed by atoms with Gasteiger partial charge in [0, 0.05) is 19.0 Å². The third-order valence-electron chi connectivity index (χ3n) is 4.67. The number of rotatable bonds is 4. The van der Waals surface area contributed by atoms with Gasteiger partial charge >= 0.3 is 5.97 Å². The maximum Gasteiger partial charge on any atom is 0.349 e. The summed E-state index contributed by atoms with van der Waals surface area (Å²) in [6, 6.07) is 0.214. The highest BCUT2D eigenvalue weighted by molar-refractivity contribution is 7.20. The van der Waals surface area contributed by atoms with E-state index in [-0.39, 0.29) is 17.5 Å². The van der Waals surface area contributed by atoms with Crippen LogP contribution in [0.4, 0.5) is 0 Å². The summed E-state index contributed by atoms with van der Waals surface area (Å²) in [5, 5.41) is 3.30. The van der Waals surface area contributed by atoms with Crippen molar-refractivity contribution >= 4 is 33.4 Å². The average molecular weight is 361 g/mol. The molecule has 1 atom stereocenters. The maximum absolute atomic E-state index is 12.6. The zero-order valence-electron chi connectivity index (χ0n) is 14.1. The van der Waals surface area contributed by atoms with E-state index in [1.54, 1.807) is 18.4 Å². The Labute approximate surface area is 148 Å². The fraction of sp³-hybridized carbons (Fsp3) is 0.529. The second-order valence-corrected chi connectivity index (χ2v) is 7.65. The first-order chi connectivity index (χ1) is 12.0. The van der Waals surface area contributed by atoms with Gasteiger partial charge in [-0.25, -0.2) is 9.78 Å². The van der Waals surface area contributed by atoms with Crippen LogP contribution >= 0.6 is 11.3 Å². The molecule has 2 aromatic rings. The Balaban J connectivity index is 1.61. The lowest BCUT2D eigenvalue weighted by molar-refractivity contribution is -0.129. The van der Waals surface area contributed by atoms with Gasteiger partial charge in [0.25, 0.3) is 11.5 Å². The SMILES string of the molecule is Cc1c(C(=O)O[C@@H](C)C(=O)NC2CC2)sc2nc3n(c(=O)c12)CCC3. The van der Waals surface area contributed by atoms with Crippen LogP contribution < -0.4 is 10.9 Å². The second-order valence-electron chi connectivity index (χ2n) is 6.66. The molecule has 1 N–H and O–H groups in total. The fourth-order valence-electron chi connectivity index (χ4n) is 3.08. The molecule has 25 heavy (non-hydrogen) atoms. The van der Waals surface area contributed by atoms with E-state index >= 15 is 0 Å². The predicted octanol–water partition coefficient (Wildman–Crippen LogP) is 1.54. The first kappa shape index (κ1) is 16.3. The summed E-state index contributed by atoms with van der Waals surface area (Å²) in [5.74, 6) is -0.0915. The molecule has 7 nitrogen and oxygen atoms in total. The summed E-state index contributed by atoms with van der Waals surface area (Å²) >= 11 is 1.16. The molecule has 1 aliphatic heterocycles. The summed E-state index contributed by atoms with van der Waals surface area (Å²) in [7, 11) is 0. The minimum absolute atomic E-state index is 0.0928. The van der Waals surface area contributed by atoms with Crippen molar-refractivity contribution in [1.82, 2.24) is 14.9 Å². The molecule has 2 aromatic heterocycles. The number of nitrogens with one attached hydrogen (secondary N) is 1. The van der Waals surface area contributed by atoms with E-state index in [0.29, 0.717) is 27.2 Å². The van der Waals surface area contributed by atoms with Crippen LogP contribution in [0, 0.1) is 6.92 Å². The van der Waals surface area contributed by atoms with Crippen LogP contribution in [-0.4, -0.2) is 33.6 Å². The van der Waals surface area contributed by atoms with Gasteiger partial charge in [-0.1, -0.05) is 0 Å². The van der Waals surface area contributed by atoms with Gasteiger partial charge in [-0.05, 0) is 38.7 Å². The molecule has 1 amide bonds. The van der Waals surface area contributed by atoms with Crippen molar-refractivity contribution in [2.45, 2.75) is 58.2 Å². The molecule has 0 aromatic carbocycles. The van der Waals surface area contributed by atoms with E-state index < -0.39 is 12.1 Å². The zero-order chi connectivity index (χ0) is 17.7. The van der Waals surface area contributed by atoms with E-state index in [0.717, 1.165) is 42.8 Å². The third kappa shape index (κ3) is 2.84. The van der Waals surface area contributed by atoms with Gasteiger partial charge in [0.1, 0.15) is 15.5 Å². The largest absolute Gasteiger partial charge is 0.448 e. The van der Waals surface area contributed by atoms with Gasteiger partial charge in [-0.2, -0.15) is 0 Å². The molecule has 1 aliphatic carbocycles. The van der Waals surface area contributed by atoms with E-state index in [1.165, 1.54) is 0 Å². The number of aryl methyl sites for hydroxylation is 2. The van der Waals surface area contributed by atoms with Crippen LogP contribution in [0.5, 0.6) is 0 Å². The topological polar surface area (TPSA) is 90.3 Å². The predicted molar refractivity (Wildman–Crippen MR) is 93.0 cm³/mol. The molecule has 4 rings (SSSR count). The van der Waals surface area contributed by atoms with Crippen molar-refractivity contribution in [3.63, 3.8) is 0 Å². The molecule has 1 fully saturated rings. The van der Waals surface area contributed by atoms with E-state index in [1.807, 2.05) is 0 Å². The average Bonchev–Trinajstić information content (AvgIpc) is 3.14. The molecule has 8 heteroatoms. The van der Waals surface area contributed by atoms with Gasteiger partial charge in [-0.3, -0.25) is 14.2 Å². The highest BCUT2D eigenvalue weighted by atomic mass is 32.1. The summed E-state index contributed by atoms with van der Waals surface area (Å²) in [6.07, 6.45) is 2.78. The van der Waals surface area contributed by atoms with E-state index in [9.17, 15) is 14.4 Å². The number of ether oxygens (including phenoxy) is 1. The van der Waals surface area contributed by atoms with Gasteiger partial charge in [0.2, 0.25) is 0 Å². The Morgan fingerprint density at radius 3 is 2.88 bits per heavy atom. The molecule has 0 spiro atoms. The van der Waals surface area contributed by atoms with Gasteiger partial charge in [0.05, 0.1) is 5.39 Å². The summed E-state index contributed by atoms with van der Waals surface area (Å²) in [6.45, 7) is 3.96. The van der Waals surface area contributed by atoms with Crippen molar-refractivity contribution in [3.05, 3.63) is 26.6 Å². The van der Waals surface area contributed by atoms with Crippen LogP contribution in [0.3, 0.4) is 0 Å². The quantitative estimate of drug-likeness (QED) is 0.834. The van der Waals surface area contributed by atoms with Crippen molar-refractivity contribution in [2.75, 3.05) is 0 Å². The number of carbonyl (C=O) groups is 2. The van der Waals surface area contributed by atoms with Crippen LogP contribution in [0.2, 0.25) is 0 Å². The Bertz CT molecular complexity index is 941. The second kappa shape index (κ2) is 5.94. The van der Waals surface area contributed by atoms with Crippen LogP contribution in [0.25, 0.3) is 10.2 Å². The molecule has 0 bridgehead atoms. The van der Waals surface area contributed by atoms with Crippen molar-refractivity contribution < 1.29 is 14.3 Å². The third-order valence-corrected chi connectivity index (χ3v) is 5.84. The van der Waals surface area contributed by atoms with Gasteiger partial charge in [0.15, 0.2) is 6.10 Å². The molecule has 0 unspecified atom stereocenters. The number of thiophene rings is 1. The number of hydrogen-bond acceptors (Lipinski definition) is 6. The monoisotopic (exact) mass is 361 g/mol. The number of fused-ring (bicyclic) bond motifs is 2. The fourth-order valence-corrected chi connectivity index (χ4v) is 4.16. The normalized spacial score (nSPS) is 17.4. The zero-order valence-corrected chi connectivity index (χ0v) is 14.9. The Morgan fingerprint density at radius 1 is 1.40 bits per heavy atom. The highest BCUT2D eigenvalue weighted by Crippen LogP contribution is 2.29. The molecule has 2 aliphatic rings. The lowest BCUT2D eigenvalue weighted by atomic mass is 10.2. The minimum Gasteiger partial charge on any atom is -0.448 e. The highest BCUT2D eigenvalue weighted by Gasteiger charge is 2.29. The Hall–Kier alpha value is -2.22. The Morgan fingerprint density at radius 2 is 2.16 bits per heavy atom. The lowest BCUT2D eigenvalue weighted by Crippen LogP contribution is -2.37. The number of amides is 1. The summed E-state index contributed by atoms with van der Waals surface area (Å²) < 4.78 is 6.98. The molecule has 1 saturated carbocycles. The lowest BCUT2D eigenvalue weighted by Gasteiger charge is -2.12. The smallest absolute Gasteiger partial charge is 0.349 e. The molecular weight excluding hydrogens is 342 g/mol. The van der Waals surface area contributed by atoms with E-state index in [2.05, 4.69) is 10.3 Å². The molecule has 0 saturated heterocycles. The number of hydrogen-bond donors (Lipinski definition) is 1. The summed E-state index contributed by atoms with van der Waals surface area (Å²) in [5.41, 5.74) is 0.490. The number of nitrogens with zero attached hydrogens (tertiary/aromatic N) is 2. The van der Waals surface area contributed by atoms with Gasteiger partial charge in [-0.15, -0.1) is 11.3 Å². The number of aromatic nitrogens is 2. The van der Waals surface area contributed by atoms with Gasteiger partial charge < -0.3 is 10.1 Å². The van der Waals surface area contributed by atoms with Crippen LogP contribution in [0.15, 0.2) is 4.79 Å². The molecule has 132 valence electrons. The number of carbonyl (C=O) groups excluding carboxylic acids is 2. The summed E-state index contributed by atoms with van der Waals surface area (Å²) in [4.78, 5) is 42.5. The van der Waals surface area contributed by atoms with Crippen LogP contribution in [-0.2, 0) is 22.5 Å². The maximum atomic E-state index is 12.6. The molecule has 3 heterocycles. The standard InChI is InChI=1S/C17H19N3O4S/c1-8-12-15(19-11-4-3-7-20(11)16(12)22)25-13(8)17(23)24-9(2)14(21)18-10-5-6-10/h9-10H,3-7H2,1-2H3,(H,18,21)/t9-/m0/s1. The van der Waals surface area contributed by atoms with Crippen molar-refractivity contribution in [2.24, 2.45) is 0 Å². The minimum atomic E-state index is -0.864. The van der Waals surface area contributed by atoms with Crippen LogP contribution in [0.1, 0.15) is 47.2 Å². The Kier molecular flexibility index (Phi) is 3.87. The van der Waals surface area contributed by atoms with E-state index in [4.69, 9.17) is 4.74 Å². The van der Waals surface area contributed by atoms with Crippen molar-refractivity contribution in [3.8, 4) is 0 Å².